The molecule has 36 heavy (non-hydrogen) atoms. The van der Waals surface area contributed by atoms with Gasteiger partial charge in [0.05, 0.1) is 64.9 Å². The van der Waals surface area contributed by atoms with Crippen molar-refractivity contribution in [3.8, 4) is 0 Å². The highest BCUT2D eigenvalue weighted by atomic mass is 32.2. The Hall–Kier alpha value is -1.15. The number of urea groups is 1. The quantitative estimate of drug-likeness (QED) is 0.104. The van der Waals surface area contributed by atoms with E-state index in [-0.39, 0.29) is 24.0 Å². The Kier molecular flexibility index (Phi) is 18.0. The van der Waals surface area contributed by atoms with Gasteiger partial charge in [-0.1, -0.05) is 6.42 Å². The minimum atomic E-state index is -0.0503. The van der Waals surface area contributed by atoms with Gasteiger partial charge in [0.1, 0.15) is 0 Å². The number of hydrogen-bond acceptors (Lipinski definition) is 9. The molecule has 0 aromatic carbocycles. The van der Waals surface area contributed by atoms with Crippen LogP contribution >= 0.6 is 11.8 Å². The summed E-state index contributed by atoms with van der Waals surface area (Å²) in [7, 11) is 0. The van der Waals surface area contributed by atoms with E-state index in [0.717, 1.165) is 37.9 Å². The molecule has 0 aromatic rings. The van der Waals surface area contributed by atoms with Gasteiger partial charge in [-0.15, -0.1) is 0 Å². The van der Waals surface area contributed by atoms with Gasteiger partial charge in [-0.05, 0) is 32.2 Å². The van der Waals surface area contributed by atoms with Gasteiger partial charge < -0.3 is 45.4 Å². The summed E-state index contributed by atoms with van der Waals surface area (Å²) in [5.41, 5.74) is 5.38. The maximum atomic E-state index is 12.0. The Bertz CT molecular complexity index is 591. The number of nitrogens with two attached hydrogens (primary N) is 1. The molecule has 3 amide bonds. The second kappa shape index (κ2) is 20.9. The molecule has 0 spiro atoms. The molecule has 12 heteroatoms. The third-order valence-corrected chi connectivity index (χ3v) is 7.36. The van der Waals surface area contributed by atoms with Crippen molar-refractivity contribution in [3.05, 3.63) is 0 Å². The van der Waals surface area contributed by atoms with Gasteiger partial charge in [0, 0.05) is 37.2 Å². The predicted octanol–water partition coefficient (Wildman–Crippen LogP) is 0.650. The van der Waals surface area contributed by atoms with Gasteiger partial charge in [0.15, 0.2) is 0 Å². The zero-order valence-electron chi connectivity index (χ0n) is 21.5. The lowest BCUT2D eigenvalue weighted by molar-refractivity contribution is -0.121. The van der Waals surface area contributed by atoms with E-state index in [1.54, 1.807) is 0 Å². The van der Waals surface area contributed by atoms with E-state index in [9.17, 15) is 9.59 Å². The summed E-state index contributed by atoms with van der Waals surface area (Å²) in [5, 5.41) is 9.36. The van der Waals surface area contributed by atoms with Crippen LogP contribution in [0.5, 0.6) is 0 Å². The molecule has 210 valence electrons. The number of rotatable bonds is 24. The van der Waals surface area contributed by atoms with Crippen molar-refractivity contribution in [3.63, 3.8) is 0 Å². The summed E-state index contributed by atoms with van der Waals surface area (Å²) in [6.07, 6.45) is 5.10. The molecule has 2 aliphatic heterocycles. The highest BCUT2D eigenvalue weighted by molar-refractivity contribution is 8.00. The molecule has 3 atom stereocenters. The molecule has 0 bridgehead atoms. The van der Waals surface area contributed by atoms with E-state index >= 15 is 0 Å². The number of carbonyl (C=O) groups is 2. The Morgan fingerprint density at radius 3 is 2.03 bits per heavy atom. The molecule has 0 radical (unpaired) electrons. The zero-order valence-corrected chi connectivity index (χ0v) is 22.3. The number of fused-ring (bicyclic) bond motifs is 1. The average Bonchev–Trinajstić information content (AvgIpc) is 3.42. The fraction of sp³-hybridized carbons (Fsp3) is 0.917. The Morgan fingerprint density at radius 1 is 0.833 bits per heavy atom. The first-order valence-electron chi connectivity index (χ1n) is 13.2. The smallest absolute Gasteiger partial charge is 0.315 e. The van der Waals surface area contributed by atoms with Gasteiger partial charge in [-0.25, -0.2) is 4.79 Å². The second-order valence-electron chi connectivity index (χ2n) is 8.78. The summed E-state index contributed by atoms with van der Waals surface area (Å²) in [6.45, 7) is 6.85. The van der Waals surface area contributed by atoms with E-state index in [1.165, 1.54) is 0 Å². The van der Waals surface area contributed by atoms with E-state index in [2.05, 4.69) is 16.0 Å². The summed E-state index contributed by atoms with van der Waals surface area (Å²) in [6, 6.07) is 0.450. The molecule has 2 rings (SSSR count). The summed E-state index contributed by atoms with van der Waals surface area (Å²) >= 11 is 1.91. The van der Waals surface area contributed by atoms with Crippen LogP contribution in [0.2, 0.25) is 0 Å². The van der Waals surface area contributed by atoms with Crippen LogP contribution in [0, 0.1) is 0 Å². The van der Waals surface area contributed by atoms with Gasteiger partial charge in [0.2, 0.25) is 5.91 Å². The van der Waals surface area contributed by atoms with Crippen molar-refractivity contribution in [2.45, 2.75) is 55.9 Å². The first kappa shape index (κ1) is 31.1. The minimum Gasteiger partial charge on any atom is -0.379 e. The first-order valence-corrected chi connectivity index (χ1v) is 14.3. The van der Waals surface area contributed by atoms with Crippen molar-refractivity contribution in [2.75, 3.05) is 84.9 Å². The van der Waals surface area contributed by atoms with E-state index in [4.69, 9.17) is 29.4 Å². The third kappa shape index (κ3) is 14.6. The molecule has 5 N–H and O–H groups in total. The van der Waals surface area contributed by atoms with Gasteiger partial charge in [-0.3, -0.25) is 4.79 Å². The molecule has 0 saturated carbocycles. The normalized spacial score (nSPS) is 20.8. The second-order valence-corrected chi connectivity index (χ2v) is 10.0. The summed E-state index contributed by atoms with van der Waals surface area (Å²) in [4.78, 5) is 23.4. The number of ether oxygens (including phenoxy) is 5. The number of thioether (sulfide) groups is 1. The number of unbranched alkanes of at least 4 members (excludes halogenated alkanes) is 1. The van der Waals surface area contributed by atoms with Gasteiger partial charge in [-0.2, -0.15) is 11.8 Å². The Morgan fingerprint density at radius 2 is 1.42 bits per heavy atom. The third-order valence-electron chi connectivity index (χ3n) is 5.85. The first-order chi connectivity index (χ1) is 17.7. The van der Waals surface area contributed by atoms with Crippen LogP contribution in [-0.4, -0.2) is 114 Å². The molecule has 2 fully saturated rings. The standard InChI is InChI=1S/C24H46N4O7S/c25-7-3-9-31-11-13-33-15-17-35-18-16-34-14-12-32-10-4-8-26-22(29)6-2-1-5-21-23-20(19-36-21)27-24(30)28-23/h20-21,23H,1-19,25H2,(H,26,29)(H2,27,28,30)/t20-,21-,23-/m0/s1. The van der Waals surface area contributed by atoms with Crippen molar-refractivity contribution < 1.29 is 33.3 Å². The molecule has 2 aliphatic rings. The highest BCUT2D eigenvalue weighted by Gasteiger charge is 2.42. The van der Waals surface area contributed by atoms with Crippen LogP contribution in [0.3, 0.4) is 0 Å². The SMILES string of the molecule is NCCCOCCOCCOCCOCCOCCCNC(=O)CCCC[C@@H]1SC[C@@H]2NC(=O)N[C@@H]21. The molecular weight excluding hydrogens is 488 g/mol. The van der Waals surface area contributed by atoms with Crippen molar-refractivity contribution >= 4 is 23.7 Å². The van der Waals surface area contributed by atoms with Crippen molar-refractivity contribution in [1.29, 1.82) is 0 Å². The largest absolute Gasteiger partial charge is 0.379 e. The summed E-state index contributed by atoms with van der Waals surface area (Å²) in [5.74, 6) is 1.06. The van der Waals surface area contributed by atoms with Crippen LogP contribution in [0.1, 0.15) is 38.5 Å². The topological polar surface area (TPSA) is 142 Å². The molecule has 2 heterocycles. The number of hydrogen-bond donors (Lipinski definition) is 4. The molecule has 0 aromatic heterocycles. The average molecular weight is 535 g/mol. The van der Waals surface area contributed by atoms with Crippen molar-refractivity contribution in [2.24, 2.45) is 5.73 Å². The number of amides is 3. The van der Waals surface area contributed by atoms with Gasteiger partial charge in [0.25, 0.3) is 0 Å². The van der Waals surface area contributed by atoms with Crippen LogP contribution < -0.4 is 21.7 Å². The molecule has 11 nitrogen and oxygen atoms in total. The Labute approximate surface area is 219 Å². The molecule has 0 aliphatic carbocycles. The lowest BCUT2D eigenvalue weighted by atomic mass is 10.0. The fourth-order valence-corrected chi connectivity index (χ4v) is 5.48. The van der Waals surface area contributed by atoms with Crippen molar-refractivity contribution in [1.82, 2.24) is 16.0 Å². The lowest BCUT2D eigenvalue weighted by Gasteiger charge is -2.16. The van der Waals surface area contributed by atoms with Crippen LogP contribution in [0.4, 0.5) is 4.79 Å². The van der Waals surface area contributed by atoms with E-state index in [0.29, 0.717) is 90.8 Å². The predicted molar refractivity (Wildman–Crippen MR) is 139 cm³/mol. The Balaban J connectivity index is 1.24. The number of nitrogens with one attached hydrogen (secondary N) is 3. The monoisotopic (exact) mass is 534 g/mol. The van der Waals surface area contributed by atoms with E-state index in [1.807, 2.05) is 11.8 Å². The van der Waals surface area contributed by atoms with Gasteiger partial charge >= 0.3 is 6.03 Å². The molecular formula is C24H46N4O7S. The molecule has 0 unspecified atom stereocenters. The van der Waals surface area contributed by atoms with Crippen LogP contribution in [0.15, 0.2) is 0 Å². The van der Waals surface area contributed by atoms with E-state index < -0.39 is 0 Å². The van der Waals surface area contributed by atoms with Crippen LogP contribution in [-0.2, 0) is 28.5 Å². The summed E-state index contributed by atoms with van der Waals surface area (Å²) < 4.78 is 27.2. The minimum absolute atomic E-state index is 0.0503. The lowest BCUT2D eigenvalue weighted by Crippen LogP contribution is -2.36. The van der Waals surface area contributed by atoms with Crippen LogP contribution in [0.25, 0.3) is 0 Å². The fourth-order valence-electron chi connectivity index (χ4n) is 3.93. The zero-order chi connectivity index (χ0) is 25.7. The highest BCUT2D eigenvalue weighted by Crippen LogP contribution is 2.33. The molecule has 2 saturated heterocycles. The number of carbonyl (C=O) groups excluding carboxylic acids is 2. The maximum Gasteiger partial charge on any atom is 0.315 e. The maximum absolute atomic E-state index is 12.0.